The van der Waals surface area contributed by atoms with E-state index in [-0.39, 0.29) is 13.2 Å². The summed E-state index contributed by atoms with van der Waals surface area (Å²) in [5.74, 6) is 0. The molecule has 0 fully saturated rings. The fraction of sp³-hybridized carbons (Fsp3) is 0.286. The average Bonchev–Trinajstić information content (AvgIpc) is 2.56. The number of nitrogens with zero attached hydrogens (tertiary/aromatic N) is 2. The van der Waals surface area contributed by atoms with Crippen LogP contribution in [0.25, 0.3) is 0 Å². The highest BCUT2D eigenvalue weighted by Gasteiger charge is 1.82. The molecule has 0 bridgehead atoms. The Bertz CT molecular complexity index is 563. The summed E-state index contributed by atoms with van der Waals surface area (Å²) in [5, 5.41) is 15.2. The van der Waals surface area contributed by atoms with Gasteiger partial charge in [0.1, 0.15) is 0 Å². The summed E-state index contributed by atoms with van der Waals surface area (Å²) < 4.78 is 51.7. The van der Waals surface area contributed by atoms with Crippen molar-refractivity contribution in [2.75, 3.05) is 25.7 Å². The molecule has 0 saturated heterocycles. The van der Waals surface area contributed by atoms with E-state index in [2.05, 4.69) is 9.97 Å². The van der Waals surface area contributed by atoms with Crippen LogP contribution in [0.3, 0.4) is 0 Å². The van der Waals surface area contributed by atoms with Crippen molar-refractivity contribution in [2.45, 2.75) is 0 Å². The summed E-state index contributed by atoms with van der Waals surface area (Å²) in [6, 6.07) is 11.4. The van der Waals surface area contributed by atoms with Gasteiger partial charge in [0.05, 0.1) is 25.7 Å². The second-order valence-corrected chi connectivity index (χ2v) is 6.89. The summed E-state index contributed by atoms with van der Waals surface area (Å²) in [4.78, 5) is 7.57. The molecule has 0 aliphatic rings. The SMILES string of the molecule is CS(=O)(=O)O.CS(=O)(=O)O.OCCO.c1ccncc1.c1ccncc1. The van der Waals surface area contributed by atoms with Crippen LogP contribution in [0.4, 0.5) is 0 Å². The van der Waals surface area contributed by atoms with Gasteiger partial charge in [-0.2, -0.15) is 16.8 Å². The van der Waals surface area contributed by atoms with Crippen LogP contribution in [0.5, 0.6) is 0 Å². The van der Waals surface area contributed by atoms with Crippen molar-refractivity contribution in [3.63, 3.8) is 0 Å². The predicted octanol–water partition coefficient (Wildman–Crippen LogP) is 0.142. The highest BCUT2D eigenvalue weighted by molar-refractivity contribution is 7.85. The van der Waals surface area contributed by atoms with Gasteiger partial charge in [-0.1, -0.05) is 12.1 Å². The molecular weight excluding hydrogens is 388 g/mol. The van der Waals surface area contributed by atoms with Crippen molar-refractivity contribution < 1.29 is 36.2 Å². The van der Waals surface area contributed by atoms with Gasteiger partial charge in [-0.15, -0.1) is 0 Å². The second-order valence-electron chi connectivity index (χ2n) is 3.96. The second kappa shape index (κ2) is 19.4. The fourth-order valence-corrected chi connectivity index (χ4v) is 0.625. The minimum atomic E-state index is -3.67. The lowest BCUT2D eigenvalue weighted by Gasteiger charge is -1.70. The zero-order chi connectivity index (χ0) is 20.9. The van der Waals surface area contributed by atoms with Gasteiger partial charge in [0, 0.05) is 24.8 Å². The van der Waals surface area contributed by atoms with Crippen molar-refractivity contribution in [3.8, 4) is 0 Å². The first-order chi connectivity index (χ1) is 11.9. The molecule has 0 radical (unpaired) electrons. The molecule has 0 amide bonds. The van der Waals surface area contributed by atoms with Crippen molar-refractivity contribution in [1.29, 1.82) is 0 Å². The van der Waals surface area contributed by atoms with E-state index in [4.69, 9.17) is 19.3 Å². The van der Waals surface area contributed by atoms with Gasteiger partial charge in [0.15, 0.2) is 0 Å². The molecule has 0 aromatic carbocycles. The van der Waals surface area contributed by atoms with Crippen molar-refractivity contribution in [1.82, 2.24) is 9.97 Å². The van der Waals surface area contributed by atoms with Crippen molar-refractivity contribution in [2.24, 2.45) is 0 Å². The molecule has 2 rings (SSSR count). The van der Waals surface area contributed by atoms with Crippen LogP contribution < -0.4 is 0 Å². The van der Waals surface area contributed by atoms with Gasteiger partial charge in [-0.3, -0.25) is 19.1 Å². The van der Waals surface area contributed by atoms with Gasteiger partial charge in [0.2, 0.25) is 0 Å². The zero-order valence-corrected chi connectivity index (χ0v) is 16.0. The van der Waals surface area contributed by atoms with E-state index in [9.17, 15) is 16.8 Å². The molecule has 0 atom stereocenters. The number of aliphatic hydroxyl groups is 2. The highest BCUT2D eigenvalue weighted by atomic mass is 32.2. The Labute approximate surface area is 153 Å². The van der Waals surface area contributed by atoms with Gasteiger partial charge < -0.3 is 10.2 Å². The number of pyridine rings is 2. The van der Waals surface area contributed by atoms with Crippen LogP contribution in [0, 0.1) is 0 Å². The lowest BCUT2D eigenvalue weighted by atomic mass is 10.5. The van der Waals surface area contributed by atoms with E-state index < -0.39 is 20.2 Å². The molecule has 4 N–H and O–H groups in total. The molecule has 2 heterocycles. The summed E-state index contributed by atoms with van der Waals surface area (Å²) in [7, 11) is -7.33. The van der Waals surface area contributed by atoms with Crippen LogP contribution in [0.2, 0.25) is 0 Å². The smallest absolute Gasteiger partial charge is 0.261 e. The largest absolute Gasteiger partial charge is 0.394 e. The summed E-state index contributed by atoms with van der Waals surface area (Å²) in [5.41, 5.74) is 0. The molecule has 0 aliphatic carbocycles. The van der Waals surface area contributed by atoms with E-state index in [1.54, 1.807) is 24.8 Å². The predicted molar refractivity (Wildman–Crippen MR) is 97.6 cm³/mol. The van der Waals surface area contributed by atoms with E-state index >= 15 is 0 Å². The van der Waals surface area contributed by atoms with Crippen LogP contribution in [-0.4, -0.2) is 71.8 Å². The molecule has 12 heteroatoms. The Kier molecular flexibility index (Phi) is 21.5. The molecule has 0 aliphatic heterocycles. The first-order valence-electron chi connectivity index (χ1n) is 6.68. The normalized spacial score (nSPS) is 9.31. The maximum atomic E-state index is 9.19. The van der Waals surface area contributed by atoms with Crippen LogP contribution >= 0.6 is 0 Å². The Morgan fingerprint density at radius 2 is 0.808 bits per heavy atom. The maximum Gasteiger partial charge on any atom is 0.261 e. The third-order valence-electron chi connectivity index (χ3n) is 1.23. The Balaban J connectivity index is -0.000000257. The Hall–Kier alpha value is -1.96. The molecule has 26 heavy (non-hydrogen) atoms. The number of aromatic nitrogens is 2. The minimum Gasteiger partial charge on any atom is -0.394 e. The standard InChI is InChI=1S/2C5H5N.C2H6O2.2CH4O3S/c2*1-2-4-6-5-3-1;3-1-2-4;2*1-5(2,3)4/h2*1-5H;3-4H,1-2H2;2*1H3,(H,2,3,4). The van der Waals surface area contributed by atoms with Gasteiger partial charge >= 0.3 is 0 Å². The number of aliphatic hydroxyl groups excluding tert-OH is 2. The quantitative estimate of drug-likeness (QED) is 0.471. The van der Waals surface area contributed by atoms with Gasteiger partial charge in [-0.05, 0) is 24.3 Å². The minimum absolute atomic E-state index is 0.125. The molecular formula is C14H24N2O8S2. The monoisotopic (exact) mass is 412 g/mol. The highest BCUT2D eigenvalue weighted by Crippen LogP contribution is 1.74. The number of hydrogen-bond donors (Lipinski definition) is 4. The third kappa shape index (κ3) is 80.1. The van der Waals surface area contributed by atoms with E-state index in [1.165, 1.54) is 0 Å². The Morgan fingerprint density at radius 1 is 0.615 bits per heavy atom. The average molecular weight is 412 g/mol. The maximum absolute atomic E-state index is 9.19. The molecule has 150 valence electrons. The summed E-state index contributed by atoms with van der Waals surface area (Å²) in [6.07, 6.45) is 8.43. The van der Waals surface area contributed by atoms with E-state index in [0.717, 1.165) is 0 Å². The fourth-order valence-electron chi connectivity index (χ4n) is 0.625. The van der Waals surface area contributed by atoms with Crippen LogP contribution in [-0.2, 0) is 20.2 Å². The van der Waals surface area contributed by atoms with Crippen molar-refractivity contribution >= 4 is 20.2 Å². The van der Waals surface area contributed by atoms with E-state index in [1.807, 2.05) is 36.4 Å². The summed E-state index contributed by atoms with van der Waals surface area (Å²) >= 11 is 0. The number of rotatable bonds is 1. The first-order valence-corrected chi connectivity index (χ1v) is 10.4. The number of hydrogen-bond acceptors (Lipinski definition) is 8. The van der Waals surface area contributed by atoms with E-state index in [0.29, 0.717) is 12.5 Å². The van der Waals surface area contributed by atoms with Gasteiger partial charge in [-0.25, -0.2) is 0 Å². The molecule has 10 nitrogen and oxygen atoms in total. The Morgan fingerprint density at radius 3 is 0.846 bits per heavy atom. The third-order valence-corrected chi connectivity index (χ3v) is 1.23. The molecule has 0 spiro atoms. The summed E-state index contributed by atoms with van der Waals surface area (Å²) in [6.45, 7) is -0.250. The lowest BCUT2D eigenvalue weighted by Crippen LogP contribution is -1.88. The lowest BCUT2D eigenvalue weighted by molar-refractivity contribution is 0.186. The van der Waals surface area contributed by atoms with Crippen molar-refractivity contribution in [3.05, 3.63) is 61.2 Å². The topological polar surface area (TPSA) is 175 Å². The zero-order valence-electron chi connectivity index (χ0n) is 14.3. The molecule has 2 aromatic rings. The molecule has 0 saturated carbocycles. The first kappa shape index (κ1) is 28.8. The van der Waals surface area contributed by atoms with Gasteiger partial charge in [0.25, 0.3) is 20.2 Å². The molecule has 2 aromatic heterocycles. The van der Waals surface area contributed by atoms with Crippen LogP contribution in [0.15, 0.2) is 61.2 Å². The van der Waals surface area contributed by atoms with Crippen LogP contribution in [0.1, 0.15) is 0 Å². The molecule has 0 unspecified atom stereocenters.